The summed E-state index contributed by atoms with van der Waals surface area (Å²) in [7, 11) is 1.65. The highest BCUT2D eigenvalue weighted by Crippen LogP contribution is 2.39. The molecule has 1 saturated heterocycles. The number of nitrogens with zero attached hydrogens (tertiary/aromatic N) is 3. The fraction of sp³-hybridized carbons (Fsp3) is 0.500. The van der Waals surface area contributed by atoms with E-state index in [1.807, 2.05) is 47.4 Å². The number of benzene rings is 1. The van der Waals surface area contributed by atoms with Crippen molar-refractivity contribution >= 4 is 34.7 Å². The van der Waals surface area contributed by atoms with E-state index in [4.69, 9.17) is 14.5 Å². The van der Waals surface area contributed by atoms with Gasteiger partial charge in [0.05, 0.1) is 18.6 Å². The van der Waals surface area contributed by atoms with E-state index < -0.39 is 0 Å². The van der Waals surface area contributed by atoms with Crippen molar-refractivity contribution in [3.63, 3.8) is 0 Å². The normalized spacial score (nSPS) is 18.6. The molecule has 0 spiro atoms. The average molecular weight is 522 g/mol. The second kappa shape index (κ2) is 14.2. The van der Waals surface area contributed by atoms with Crippen LogP contribution in [-0.4, -0.2) is 40.7 Å². The van der Waals surface area contributed by atoms with E-state index in [0.29, 0.717) is 28.2 Å². The molecule has 1 aromatic carbocycles. The molecule has 2 aliphatic rings. The van der Waals surface area contributed by atoms with Gasteiger partial charge in [0.1, 0.15) is 0 Å². The van der Waals surface area contributed by atoms with Crippen LogP contribution in [-0.2, 0) is 4.79 Å². The lowest BCUT2D eigenvalue weighted by atomic mass is 9.94. The zero-order valence-electron chi connectivity index (χ0n) is 22.2. The number of rotatable bonds is 12. The summed E-state index contributed by atoms with van der Waals surface area (Å²) in [6.07, 6.45) is 16.6. The van der Waals surface area contributed by atoms with Crippen LogP contribution >= 0.6 is 11.8 Å². The van der Waals surface area contributed by atoms with Gasteiger partial charge in [0.2, 0.25) is 0 Å². The summed E-state index contributed by atoms with van der Waals surface area (Å²) in [6, 6.07) is 11.7. The Balaban J connectivity index is 1.48. The van der Waals surface area contributed by atoms with Crippen LogP contribution in [0.15, 0.2) is 52.5 Å². The number of aliphatic imine (C=N–C) groups is 1. The molecule has 1 saturated carbocycles. The number of carbonyl (C=O) groups is 1. The topological polar surface area (TPSA) is 64.0 Å². The van der Waals surface area contributed by atoms with E-state index in [0.717, 1.165) is 43.4 Å². The van der Waals surface area contributed by atoms with Gasteiger partial charge in [-0.1, -0.05) is 70.4 Å². The predicted molar refractivity (Wildman–Crippen MR) is 152 cm³/mol. The van der Waals surface area contributed by atoms with Gasteiger partial charge in [0, 0.05) is 12.2 Å². The highest BCUT2D eigenvalue weighted by atomic mass is 32.2. The van der Waals surface area contributed by atoms with Crippen LogP contribution in [0.5, 0.6) is 11.5 Å². The number of amidine groups is 1. The number of thioether (sulfide) groups is 1. The van der Waals surface area contributed by atoms with Crippen LogP contribution in [0.25, 0.3) is 6.08 Å². The molecule has 4 rings (SSSR count). The molecule has 0 unspecified atom stereocenters. The number of hydrogen-bond acceptors (Lipinski definition) is 6. The van der Waals surface area contributed by atoms with Crippen LogP contribution in [0.2, 0.25) is 0 Å². The number of unbranched alkanes of at least 4 members (excludes halogenated alkanes) is 5. The maximum absolute atomic E-state index is 13.6. The van der Waals surface area contributed by atoms with Crippen LogP contribution < -0.4 is 9.47 Å². The smallest absolute Gasteiger partial charge is 0.267 e. The fourth-order valence-electron chi connectivity index (χ4n) is 4.85. The molecule has 2 aromatic rings. The summed E-state index contributed by atoms with van der Waals surface area (Å²) < 4.78 is 11.6. The van der Waals surface area contributed by atoms with Gasteiger partial charge in [0.25, 0.3) is 5.91 Å². The van der Waals surface area contributed by atoms with Crippen molar-refractivity contribution in [1.29, 1.82) is 0 Å². The lowest BCUT2D eigenvalue weighted by molar-refractivity contribution is -0.124. The van der Waals surface area contributed by atoms with Crippen molar-refractivity contribution in [3.05, 3.63) is 53.1 Å². The number of methoxy groups -OCH3 is 1. The zero-order chi connectivity index (χ0) is 25.9. The van der Waals surface area contributed by atoms with Crippen LogP contribution in [0.4, 0.5) is 5.82 Å². The molecule has 1 aliphatic carbocycles. The van der Waals surface area contributed by atoms with Gasteiger partial charge in [-0.2, -0.15) is 0 Å². The van der Waals surface area contributed by atoms with Gasteiger partial charge in [-0.15, -0.1) is 0 Å². The SMILES string of the molecule is CCCCCCCCOc1ccc(/C=C2\S/C(=N/c3ccccn3)N(C3CCCCC3)C2=O)cc1OC. The molecule has 6 nitrogen and oxygen atoms in total. The molecule has 0 atom stereocenters. The third-order valence-electron chi connectivity index (χ3n) is 6.88. The number of ether oxygens (including phenoxy) is 2. The Morgan fingerprint density at radius 3 is 2.62 bits per heavy atom. The first-order chi connectivity index (χ1) is 18.2. The van der Waals surface area contributed by atoms with Gasteiger partial charge in [-0.25, -0.2) is 9.98 Å². The van der Waals surface area contributed by atoms with E-state index in [1.54, 1.807) is 13.3 Å². The average Bonchev–Trinajstić information content (AvgIpc) is 3.23. The van der Waals surface area contributed by atoms with E-state index in [9.17, 15) is 4.79 Å². The Kier molecular flexibility index (Phi) is 10.5. The van der Waals surface area contributed by atoms with Crippen molar-refractivity contribution < 1.29 is 14.3 Å². The fourth-order valence-corrected chi connectivity index (χ4v) is 5.90. The van der Waals surface area contributed by atoms with Gasteiger partial charge in [0.15, 0.2) is 22.5 Å². The first-order valence-corrected chi connectivity index (χ1v) is 14.5. The van der Waals surface area contributed by atoms with Crippen LogP contribution in [0, 0.1) is 0 Å². The standard InChI is InChI=1S/C30H39N3O3S/c1-3-4-5-6-7-13-20-36-25-18-17-23(21-26(25)35-2)22-27-29(34)33(24-14-9-8-10-15-24)30(37-27)32-28-16-11-12-19-31-28/h11-12,16-19,21-22,24H,3-10,13-15,20H2,1-2H3/b27-22-,32-30+. The van der Waals surface area contributed by atoms with Gasteiger partial charge >= 0.3 is 0 Å². The Morgan fingerprint density at radius 2 is 1.86 bits per heavy atom. The molecule has 0 radical (unpaired) electrons. The Morgan fingerprint density at radius 1 is 1.05 bits per heavy atom. The van der Waals surface area contributed by atoms with E-state index in [1.165, 1.54) is 50.3 Å². The molecule has 1 aliphatic heterocycles. The first kappa shape index (κ1) is 27.2. The van der Waals surface area contributed by atoms with Crippen molar-refractivity contribution in [2.24, 2.45) is 4.99 Å². The van der Waals surface area contributed by atoms with Crippen molar-refractivity contribution in [3.8, 4) is 11.5 Å². The second-order valence-corrected chi connectivity index (χ2v) is 10.7. The molecular formula is C30H39N3O3S. The predicted octanol–water partition coefficient (Wildman–Crippen LogP) is 7.77. The highest BCUT2D eigenvalue weighted by Gasteiger charge is 2.38. The minimum absolute atomic E-state index is 0.0222. The first-order valence-electron chi connectivity index (χ1n) is 13.7. The molecule has 7 heteroatoms. The zero-order valence-corrected chi connectivity index (χ0v) is 23.0. The summed E-state index contributed by atoms with van der Waals surface area (Å²) in [4.78, 5) is 25.3. The molecular weight excluding hydrogens is 482 g/mol. The molecule has 2 heterocycles. The maximum atomic E-state index is 13.6. The molecule has 0 bridgehead atoms. The maximum Gasteiger partial charge on any atom is 0.267 e. The number of hydrogen-bond donors (Lipinski definition) is 0. The second-order valence-electron chi connectivity index (χ2n) is 9.69. The van der Waals surface area contributed by atoms with Crippen LogP contribution in [0.3, 0.4) is 0 Å². The number of aromatic nitrogens is 1. The number of pyridine rings is 1. The summed E-state index contributed by atoms with van der Waals surface area (Å²) in [5.74, 6) is 2.06. The van der Waals surface area contributed by atoms with E-state index in [2.05, 4.69) is 11.9 Å². The Bertz CT molecular complexity index is 1080. The van der Waals surface area contributed by atoms with Crippen molar-refractivity contribution in [2.45, 2.75) is 83.6 Å². The molecule has 1 aromatic heterocycles. The monoisotopic (exact) mass is 521 g/mol. The Labute approximate surface area is 225 Å². The van der Waals surface area contributed by atoms with Gasteiger partial charge in [-0.05, 0) is 66.9 Å². The summed E-state index contributed by atoms with van der Waals surface area (Å²) in [5.41, 5.74) is 0.905. The third kappa shape index (κ3) is 7.60. The van der Waals surface area contributed by atoms with Crippen LogP contribution in [0.1, 0.15) is 83.1 Å². The summed E-state index contributed by atoms with van der Waals surface area (Å²) in [5, 5.41) is 0.715. The quantitative estimate of drug-likeness (QED) is 0.211. The lowest BCUT2D eigenvalue weighted by Crippen LogP contribution is -2.40. The third-order valence-corrected chi connectivity index (χ3v) is 7.86. The lowest BCUT2D eigenvalue weighted by Gasteiger charge is -2.30. The van der Waals surface area contributed by atoms with E-state index in [-0.39, 0.29) is 11.9 Å². The molecule has 198 valence electrons. The minimum Gasteiger partial charge on any atom is -0.493 e. The van der Waals surface area contributed by atoms with Gasteiger partial charge < -0.3 is 9.47 Å². The van der Waals surface area contributed by atoms with Gasteiger partial charge in [-0.3, -0.25) is 9.69 Å². The molecule has 2 fully saturated rings. The summed E-state index contributed by atoms with van der Waals surface area (Å²) in [6.45, 7) is 2.92. The Hall–Kier alpha value is -2.80. The molecule has 1 amide bonds. The number of carbonyl (C=O) groups excluding carboxylic acids is 1. The molecule has 0 N–H and O–H groups in total. The highest BCUT2D eigenvalue weighted by molar-refractivity contribution is 8.18. The molecule has 37 heavy (non-hydrogen) atoms. The van der Waals surface area contributed by atoms with Crippen molar-refractivity contribution in [1.82, 2.24) is 9.88 Å². The largest absolute Gasteiger partial charge is 0.493 e. The van der Waals surface area contributed by atoms with Crippen molar-refractivity contribution in [2.75, 3.05) is 13.7 Å². The number of amides is 1. The van der Waals surface area contributed by atoms with E-state index >= 15 is 0 Å². The minimum atomic E-state index is 0.0222. The summed E-state index contributed by atoms with van der Waals surface area (Å²) >= 11 is 1.43.